The van der Waals surface area contributed by atoms with Gasteiger partial charge in [0.25, 0.3) is 5.69 Å². The lowest BCUT2D eigenvalue weighted by Crippen LogP contribution is -2.42. The van der Waals surface area contributed by atoms with Crippen molar-refractivity contribution in [3.8, 4) is 11.5 Å². The van der Waals surface area contributed by atoms with Crippen LogP contribution in [-0.4, -0.2) is 79.0 Å². The predicted octanol–water partition coefficient (Wildman–Crippen LogP) is 5.41. The van der Waals surface area contributed by atoms with Gasteiger partial charge in [-0.3, -0.25) is 33.6 Å². The first-order chi connectivity index (χ1) is 29.8. The van der Waals surface area contributed by atoms with E-state index in [4.69, 9.17) is 9.47 Å². The van der Waals surface area contributed by atoms with Crippen molar-refractivity contribution in [2.45, 2.75) is 44.9 Å². The molecule has 0 saturated carbocycles. The van der Waals surface area contributed by atoms with E-state index in [1.807, 2.05) is 106 Å². The second-order valence-electron chi connectivity index (χ2n) is 14.1. The Morgan fingerprint density at radius 3 is 1.74 bits per heavy atom. The van der Waals surface area contributed by atoms with E-state index >= 15 is 0 Å². The average molecular weight is 846 g/mol. The molecule has 6 aromatic rings. The minimum absolute atomic E-state index is 0.147. The Morgan fingerprint density at radius 2 is 1.24 bits per heavy atom. The molecule has 1 aromatic heterocycles. The Kier molecular flexibility index (Phi) is 18.0. The number of carbonyl (C=O) groups excluding carboxylic acids is 4. The molecule has 6 rings (SSSR count). The Balaban J connectivity index is 0.000000310. The minimum Gasteiger partial charge on any atom is -0.497 e. The van der Waals surface area contributed by atoms with Gasteiger partial charge in [0, 0.05) is 43.6 Å². The highest BCUT2D eigenvalue weighted by Crippen LogP contribution is 2.21. The fourth-order valence-electron chi connectivity index (χ4n) is 6.24. The molecule has 0 spiro atoms. The third kappa shape index (κ3) is 14.2. The Hall–Kier alpha value is -7.75. The van der Waals surface area contributed by atoms with Crippen molar-refractivity contribution < 1.29 is 33.6 Å². The minimum atomic E-state index is -0.808. The number of aldehydes is 1. The summed E-state index contributed by atoms with van der Waals surface area (Å²) in [6.45, 7) is 1.01. The zero-order valence-electron chi connectivity index (χ0n) is 35.2. The van der Waals surface area contributed by atoms with E-state index in [0.29, 0.717) is 19.1 Å². The number of non-ortho nitro benzene ring substituents is 1. The molecular formula is C46H51N7O9. The number of methoxy groups -OCH3 is 2. The van der Waals surface area contributed by atoms with Gasteiger partial charge >= 0.3 is 5.69 Å². The lowest BCUT2D eigenvalue weighted by molar-refractivity contribution is -0.384. The van der Waals surface area contributed by atoms with E-state index in [2.05, 4.69) is 20.9 Å². The van der Waals surface area contributed by atoms with Crippen LogP contribution in [0.15, 0.2) is 132 Å². The Morgan fingerprint density at radius 1 is 0.726 bits per heavy atom. The summed E-state index contributed by atoms with van der Waals surface area (Å²) in [6, 6.07) is 36.6. The van der Waals surface area contributed by atoms with Gasteiger partial charge in [-0.25, -0.2) is 4.79 Å². The van der Waals surface area contributed by atoms with Crippen molar-refractivity contribution in [3.63, 3.8) is 0 Å². The summed E-state index contributed by atoms with van der Waals surface area (Å²) in [5, 5.41) is 19.4. The number of benzene rings is 5. The zero-order chi connectivity index (χ0) is 45.0. The molecule has 0 saturated heterocycles. The molecule has 324 valence electrons. The Bertz CT molecular complexity index is 2440. The molecule has 0 radical (unpaired) electrons. The highest BCUT2D eigenvalue weighted by molar-refractivity contribution is 5.85. The van der Waals surface area contributed by atoms with Crippen LogP contribution in [0, 0.1) is 10.1 Å². The largest absolute Gasteiger partial charge is 0.497 e. The predicted molar refractivity (Wildman–Crippen MR) is 239 cm³/mol. The summed E-state index contributed by atoms with van der Waals surface area (Å²) in [7, 11) is 7.30. The molecule has 0 aliphatic carbocycles. The third-order valence-corrected chi connectivity index (χ3v) is 9.32. The molecule has 3 N–H and O–H groups in total. The second kappa shape index (κ2) is 23.7. The smallest absolute Gasteiger partial charge is 0.330 e. The van der Waals surface area contributed by atoms with Gasteiger partial charge < -0.3 is 35.1 Å². The highest BCUT2D eigenvalue weighted by atomic mass is 16.6. The van der Waals surface area contributed by atoms with Crippen molar-refractivity contribution in [1.29, 1.82) is 0 Å². The molecular weight excluding hydrogens is 795 g/mol. The fourth-order valence-corrected chi connectivity index (χ4v) is 6.24. The summed E-state index contributed by atoms with van der Waals surface area (Å²) >= 11 is 0. The van der Waals surface area contributed by atoms with Gasteiger partial charge in [-0.2, -0.15) is 0 Å². The van der Waals surface area contributed by atoms with Gasteiger partial charge in [-0.05, 0) is 85.5 Å². The number of nitro groups is 1. The molecule has 1 heterocycles. The van der Waals surface area contributed by atoms with Gasteiger partial charge in [0.1, 0.15) is 30.9 Å². The maximum atomic E-state index is 13.4. The van der Waals surface area contributed by atoms with Crippen LogP contribution in [0.4, 0.5) is 17.1 Å². The van der Waals surface area contributed by atoms with Crippen LogP contribution in [0.1, 0.15) is 18.1 Å². The van der Waals surface area contributed by atoms with Gasteiger partial charge in [0.15, 0.2) is 0 Å². The van der Waals surface area contributed by atoms with Gasteiger partial charge in [-0.1, -0.05) is 60.7 Å². The van der Waals surface area contributed by atoms with Gasteiger partial charge in [0.2, 0.25) is 18.2 Å². The summed E-state index contributed by atoms with van der Waals surface area (Å²) in [4.78, 5) is 73.6. The van der Waals surface area contributed by atoms with Crippen LogP contribution in [0.2, 0.25) is 0 Å². The first-order valence-corrected chi connectivity index (χ1v) is 19.5. The van der Waals surface area contributed by atoms with Crippen LogP contribution in [0.3, 0.4) is 0 Å². The molecule has 0 aliphatic rings. The standard InChI is InChI=1S/C29H29N5O6.C9H13NO.C8H9NO2/c1-20(14-21-8-4-2-5-9-21)30-27(36)17-33-26-16-24(34(39)40)12-13-25(26)32(29(33)38)18-28(37)31-23(19-35)15-22-10-6-3-7-11-22;1-10(2)8-4-6-9(11-3)7-5-8;1-11-8-4-2-7(3-5-8)9-6-10/h2-13,16,19-20,23H,14-15,17-18H2,1H3,(H,30,36)(H,31,37);4-7H,1-3H3;2-6H,1H3,(H,9,10)/t20?,23-;;/m0../s1. The second-order valence-corrected chi connectivity index (χ2v) is 14.1. The number of rotatable bonds is 17. The number of fused-ring (bicyclic) bond motifs is 1. The quantitative estimate of drug-likeness (QED) is 0.0607. The average Bonchev–Trinajstić information content (AvgIpc) is 3.52. The highest BCUT2D eigenvalue weighted by Gasteiger charge is 2.22. The molecule has 62 heavy (non-hydrogen) atoms. The summed E-state index contributed by atoms with van der Waals surface area (Å²) < 4.78 is 12.2. The number of anilines is 2. The maximum absolute atomic E-state index is 13.4. The van der Waals surface area contributed by atoms with Gasteiger partial charge in [-0.15, -0.1) is 0 Å². The van der Waals surface area contributed by atoms with Crippen LogP contribution in [0.5, 0.6) is 11.5 Å². The first-order valence-electron chi connectivity index (χ1n) is 19.5. The number of hydrogen-bond acceptors (Lipinski definition) is 10. The number of aromatic nitrogens is 2. The van der Waals surface area contributed by atoms with Gasteiger partial charge in [0.05, 0.1) is 36.2 Å². The molecule has 0 aliphatic heterocycles. The van der Waals surface area contributed by atoms with Crippen LogP contribution in [-0.2, 0) is 45.1 Å². The number of amides is 3. The van der Waals surface area contributed by atoms with Crippen molar-refractivity contribution in [2.75, 3.05) is 38.5 Å². The molecule has 0 fully saturated rings. The van der Waals surface area contributed by atoms with Crippen LogP contribution >= 0.6 is 0 Å². The number of nitrogens with zero attached hydrogens (tertiary/aromatic N) is 4. The van der Waals surface area contributed by atoms with Crippen LogP contribution < -0.4 is 36.0 Å². The van der Waals surface area contributed by atoms with Crippen molar-refractivity contribution in [3.05, 3.63) is 159 Å². The third-order valence-electron chi connectivity index (χ3n) is 9.32. The number of carbonyl (C=O) groups is 4. The maximum Gasteiger partial charge on any atom is 0.330 e. The van der Waals surface area contributed by atoms with E-state index in [9.17, 15) is 34.1 Å². The molecule has 5 aromatic carbocycles. The number of imidazole rings is 1. The first kappa shape index (κ1) is 46.9. The number of ether oxygens (including phenoxy) is 2. The molecule has 16 heteroatoms. The van der Waals surface area contributed by atoms with Crippen molar-refractivity contribution in [2.24, 2.45) is 0 Å². The van der Waals surface area contributed by atoms with E-state index in [1.165, 1.54) is 23.9 Å². The molecule has 2 atom stereocenters. The van der Waals surface area contributed by atoms with Crippen molar-refractivity contribution in [1.82, 2.24) is 19.8 Å². The lowest BCUT2D eigenvalue weighted by atomic mass is 10.1. The molecule has 1 unspecified atom stereocenters. The van der Waals surface area contributed by atoms with E-state index in [1.54, 1.807) is 38.5 Å². The topological polar surface area (TPSA) is 196 Å². The number of nitro benzene ring substituents is 1. The fraction of sp³-hybridized carbons (Fsp3) is 0.239. The molecule has 16 nitrogen and oxygen atoms in total. The summed E-state index contributed by atoms with van der Waals surface area (Å²) in [5.41, 5.74) is 3.30. The normalized spacial score (nSPS) is 11.2. The Labute approximate surface area is 359 Å². The van der Waals surface area contributed by atoms with E-state index < -0.39 is 41.6 Å². The summed E-state index contributed by atoms with van der Waals surface area (Å²) in [5.74, 6) is 0.634. The molecule has 0 bridgehead atoms. The monoisotopic (exact) mass is 845 g/mol. The summed E-state index contributed by atoms with van der Waals surface area (Å²) in [6.07, 6.45) is 2.12. The SMILES string of the molecule is CC(Cc1ccccc1)NC(=O)Cn1c(=O)n(CC(=O)N[C@H](C=O)Cc2ccccc2)c2ccc([N+](=O)[O-])cc21.COc1ccc(N(C)C)cc1.COc1ccc(NC=O)cc1. The van der Waals surface area contributed by atoms with E-state index in [0.717, 1.165) is 37.4 Å². The number of nitrogens with one attached hydrogen (secondary N) is 3. The van der Waals surface area contributed by atoms with Crippen LogP contribution in [0.25, 0.3) is 11.0 Å². The van der Waals surface area contributed by atoms with Crippen molar-refractivity contribution >= 4 is 52.6 Å². The molecule has 3 amide bonds. The zero-order valence-corrected chi connectivity index (χ0v) is 35.2. The number of hydrogen-bond donors (Lipinski definition) is 3. The van der Waals surface area contributed by atoms with E-state index in [-0.39, 0.29) is 29.2 Å². The lowest BCUT2D eigenvalue weighted by Gasteiger charge is -2.14.